The molecule has 1 aromatic carbocycles. The van der Waals surface area contributed by atoms with Gasteiger partial charge in [0.15, 0.2) is 0 Å². The number of hydrogen-bond acceptors (Lipinski definition) is 3. The number of rotatable bonds is 4. The van der Waals surface area contributed by atoms with Gasteiger partial charge >= 0.3 is 0 Å². The number of primary amides is 1. The van der Waals surface area contributed by atoms with E-state index in [0.717, 1.165) is 11.0 Å². The Bertz CT molecular complexity index is 519. The molecule has 0 bridgehead atoms. The van der Waals surface area contributed by atoms with Crippen LogP contribution in [-0.2, 0) is 17.9 Å². The van der Waals surface area contributed by atoms with Gasteiger partial charge in [0.25, 0.3) is 0 Å². The predicted octanol–water partition coefficient (Wildman–Crippen LogP) is 0.404. The molecule has 0 fully saturated rings. The Labute approximate surface area is 92.5 Å². The maximum absolute atomic E-state index is 10.8. The minimum absolute atomic E-state index is 0.145. The molecule has 1 heterocycles. The van der Waals surface area contributed by atoms with Crippen LogP contribution in [-0.4, -0.2) is 20.6 Å². The van der Waals surface area contributed by atoms with Crippen LogP contribution in [0.25, 0.3) is 11.0 Å². The van der Waals surface area contributed by atoms with Crippen LogP contribution in [0.5, 0.6) is 0 Å². The second-order valence-electron chi connectivity index (χ2n) is 3.54. The first-order valence-corrected chi connectivity index (χ1v) is 5.05. The van der Waals surface area contributed by atoms with Gasteiger partial charge in [0.2, 0.25) is 5.91 Å². The summed E-state index contributed by atoms with van der Waals surface area (Å²) in [6.07, 6.45) is 0.243. The number of carbonyl (C=O) groups is 1. The number of para-hydroxylation sites is 2. The van der Waals surface area contributed by atoms with E-state index in [1.54, 1.807) is 0 Å². The number of aryl methyl sites for hydroxylation is 1. The van der Waals surface area contributed by atoms with Crippen molar-refractivity contribution in [3.8, 4) is 0 Å². The van der Waals surface area contributed by atoms with Crippen LogP contribution in [0, 0.1) is 0 Å². The van der Waals surface area contributed by atoms with Crippen molar-refractivity contribution in [3.05, 3.63) is 30.1 Å². The summed E-state index contributed by atoms with van der Waals surface area (Å²) in [5.74, 6) is 0.198. The maximum atomic E-state index is 10.8. The summed E-state index contributed by atoms with van der Waals surface area (Å²) in [6, 6.07) is 7.55. The number of fused-ring (bicyclic) bond motifs is 1. The lowest BCUT2D eigenvalue weighted by molar-refractivity contribution is -0.118. The van der Waals surface area contributed by atoms with Gasteiger partial charge in [-0.05, 0) is 12.1 Å². The van der Waals surface area contributed by atoms with Crippen LogP contribution in [0.3, 0.4) is 0 Å². The van der Waals surface area contributed by atoms with Gasteiger partial charge in [-0.3, -0.25) is 4.79 Å². The van der Waals surface area contributed by atoms with Crippen LogP contribution < -0.4 is 5.73 Å². The van der Waals surface area contributed by atoms with Gasteiger partial charge in [0.1, 0.15) is 12.4 Å². The predicted molar refractivity (Wildman–Crippen MR) is 59.5 cm³/mol. The number of amides is 1. The quantitative estimate of drug-likeness (QED) is 0.781. The first-order chi connectivity index (χ1) is 7.72. The highest BCUT2D eigenvalue weighted by Crippen LogP contribution is 2.16. The van der Waals surface area contributed by atoms with Crippen LogP contribution in [0.4, 0.5) is 0 Å². The standard InChI is InChI=1S/C11H13N3O2/c12-10(16)5-6-14-9-4-2-1-3-8(9)13-11(14)7-15/h1-4,15H,5-7H2,(H2,12,16). The molecule has 0 aliphatic carbocycles. The van der Waals surface area contributed by atoms with Gasteiger partial charge < -0.3 is 15.4 Å². The average Bonchev–Trinajstić information content (AvgIpc) is 2.64. The van der Waals surface area contributed by atoms with Crippen LogP contribution in [0.15, 0.2) is 24.3 Å². The summed E-state index contributed by atoms with van der Waals surface area (Å²) in [5, 5.41) is 9.19. The summed E-state index contributed by atoms with van der Waals surface area (Å²) in [6.45, 7) is 0.305. The zero-order valence-electron chi connectivity index (χ0n) is 8.76. The van der Waals surface area contributed by atoms with E-state index in [1.165, 1.54) is 0 Å². The zero-order chi connectivity index (χ0) is 11.5. The Hall–Kier alpha value is -1.88. The van der Waals surface area contributed by atoms with Crippen LogP contribution >= 0.6 is 0 Å². The molecule has 1 aromatic heterocycles. The molecule has 2 aromatic rings. The summed E-state index contributed by atoms with van der Waals surface area (Å²) >= 11 is 0. The fourth-order valence-corrected chi connectivity index (χ4v) is 1.72. The SMILES string of the molecule is NC(=O)CCn1c(CO)nc2ccccc21. The fourth-order valence-electron chi connectivity index (χ4n) is 1.72. The van der Waals surface area contributed by atoms with E-state index in [0.29, 0.717) is 12.4 Å². The molecule has 0 spiro atoms. The number of aromatic nitrogens is 2. The third-order valence-corrected chi connectivity index (χ3v) is 2.46. The number of carbonyl (C=O) groups excluding carboxylic acids is 1. The molecule has 0 aliphatic rings. The van der Waals surface area contributed by atoms with Crippen molar-refractivity contribution in [2.75, 3.05) is 0 Å². The van der Waals surface area contributed by atoms with E-state index in [2.05, 4.69) is 4.98 Å². The van der Waals surface area contributed by atoms with Crippen molar-refractivity contribution >= 4 is 16.9 Å². The Kier molecular flexibility index (Phi) is 2.87. The molecular formula is C11H13N3O2. The van der Waals surface area contributed by atoms with Crippen molar-refractivity contribution in [3.63, 3.8) is 0 Å². The number of benzene rings is 1. The topological polar surface area (TPSA) is 81.1 Å². The molecule has 2 rings (SSSR count). The highest BCUT2D eigenvalue weighted by Gasteiger charge is 2.09. The Morgan fingerprint density at radius 2 is 2.19 bits per heavy atom. The monoisotopic (exact) mass is 219 g/mol. The molecule has 16 heavy (non-hydrogen) atoms. The summed E-state index contributed by atoms with van der Waals surface area (Å²) < 4.78 is 1.82. The molecule has 0 saturated carbocycles. The van der Waals surface area contributed by atoms with Gasteiger partial charge in [-0.1, -0.05) is 12.1 Å². The number of aliphatic hydroxyl groups is 1. The molecule has 0 radical (unpaired) electrons. The summed E-state index contributed by atoms with van der Waals surface area (Å²) in [4.78, 5) is 15.0. The van der Waals surface area contributed by atoms with Crippen LogP contribution in [0.1, 0.15) is 12.2 Å². The van der Waals surface area contributed by atoms with Crippen molar-refractivity contribution in [1.29, 1.82) is 0 Å². The molecule has 0 unspecified atom stereocenters. The third-order valence-electron chi connectivity index (χ3n) is 2.46. The van der Waals surface area contributed by atoms with E-state index >= 15 is 0 Å². The lowest BCUT2D eigenvalue weighted by Gasteiger charge is -2.05. The Balaban J connectivity index is 2.43. The maximum Gasteiger partial charge on any atom is 0.219 e. The minimum atomic E-state index is -0.360. The molecule has 3 N–H and O–H groups in total. The Morgan fingerprint density at radius 3 is 2.88 bits per heavy atom. The largest absolute Gasteiger partial charge is 0.388 e. The number of aliphatic hydroxyl groups excluding tert-OH is 1. The smallest absolute Gasteiger partial charge is 0.219 e. The number of nitrogens with two attached hydrogens (primary N) is 1. The van der Waals surface area contributed by atoms with Gasteiger partial charge in [-0.15, -0.1) is 0 Å². The molecular weight excluding hydrogens is 206 g/mol. The number of nitrogens with zero attached hydrogens (tertiary/aromatic N) is 2. The average molecular weight is 219 g/mol. The van der Waals surface area contributed by atoms with E-state index in [4.69, 9.17) is 5.73 Å². The van der Waals surface area contributed by atoms with Crippen molar-refractivity contribution in [2.45, 2.75) is 19.6 Å². The van der Waals surface area contributed by atoms with Gasteiger partial charge in [-0.25, -0.2) is 4.98 Å². The first-order valence-electron chi connectivity index (χ1n) is 5.05. The van der Waals surface area contributed by atoms with E-state index in [1.807, 2.05) is 28.8 Å². The fraction of sp³-hybridized carbons (Fsp3) is 0.273. The molecule has 0 saturated heterocycles. The molecule has 0 aliphatic heterocycles. The second-order valence-corrected chi connectivity index (χ2v) is 3.54. The van der Waals surface area contributed by atoms with Gasteiger partial charge in [-0.2, -0.15) is 0 Å². The third kappa shape index (κ3) is 1.90. The Morgan fingerprint density at radius 1 is 1.44 bits per heavy atom. The molecule has 1 amide bonds. The van der Waals surface area contributed by atoms with E-state index in [-0.39, 0.29) is 18.9 Å². The highest BCUT2D eigenvalue weighted by molar-refractivity contribution is 5.77. The van der Waals surface area contributed by atoms with Crippen molar-refractivity contribution in [1.82, 2.24) is 9.55 Å². The van der Waals surface area contributed by atoms with E-state index < -0.39 is 0 Å². The summed E-state index contributed by atoms with van der Waals surface area (Å²) in [7, 11) is 0. The number of imidazole rings is 1. The molecule has 0 atom stereocenters. The van der Waals surface area contributed by atoms with Crippen molar-refractivity contribution < 1.29 is 9.90 Å². The lowest BCUT2D eigenvalue weighted by Crippen LogP contribution is -2.15. The molecule has 84 valence electrons. The molecule has 5 heteroatoms. The zero-order valence-corrected chi connectivity index (χ0v) is 8.76. The minimum Gasteiger partial charge on any atom is -0.388 e. The first kappa shape index (κ1) is 10.6. The van der Waals surface area contributed by atoms with E-state index in [9.17, 15) is 9.90 Å². The van der Waals surface area contributed by atoms with Crippen LogP contribution in [0.2, 0.25) is 0 Å². The summed E-state index contributed by atoms with van der Waals surface area (Å²) in [5.41, 5.74) is 6.84. The number of hydrogen-bond donors (Lipinski definition) is 2. The van der Waals surface area contributed by atoms with Gasteiger partial charge in [0, 0.05) is 13.0 Å². The van der Waals surface area contributed by atoms with Gasteiger partial charge in [0.05, 0.1) is 11.0 Å². The highest BCUT2D eigenvalue weighted by atomic mass is 16.3. The second kappa shape index (κ2) is 4.32. The molecule has 5 nitrogen and oxygen atoms in total. The van der Waals surface area contributed by atoms with Crippen molar-refractivity contribution in [2.24, 2.45) is 5.73 Å². The lowest BCUT2D eigenvalue weighted by atomic mass is 10.3. The normalized spacial score (nSPS) is 10.8.